The molecule has 0 saturated heterocycles. The number of carbonyl (C=O) groups is 1. The Morgan fingerprint density at radius 2 is 2.30 bits per heavy atom. The number of rotatable bonds is 1. The molecule has 1 amide bonds. The molecule has 3 aromatic heterocycles. The molecule has 1 aliphatic heterocycles. The summed E-state index contributed by atoms with van der Waals surface area (Å²) in [6.07, 6.45) is 4.06. The Balaban J connectivity index is 1.68. The van der Waals surface area contributed by atoms with Crippen LogP contribution in [0.15, 0.2) is 39.5 Å². The molecule has 118 valence electrons. The third kappa shape index (κ3) is 2.37. The first kappa shape index (κ1) is 14.8. The number of aromatic nitrogens is 2. The van der Waals surface area contributed by atoms with Gasteiger partial charge in [0.05, 0.1) is 16.6 Å². The van der Waals surface area contributed by atoms with Crippen molar-refractivity contribution in [3.63, 3.8) is 0 Å². The lowest BCUT2D eigenvalue weighted by atomic mass is 10.0. The van der Waals surface area contributed by atoms with E-state index in [1.807, 2.05) is 25.3 Å². The van der Waals surface area contributed by atoms with Crippen LogP contribution in [-0.2, 0) is 6.42 Å². The van der Waals surface area contributed by atoms with E-state index in [0.717, 1.165) is 21.3 Å². The van der Waals surface area contributed by atoms with Crippen LogP contribution in [0.1, 0.15) is 34.8 Å². The third-order valence-corrected chi connectivity index (χ3v) is 5.01. The van der Waals surface area contributed by atoms with Gasteiger partial charge in [0.25, 0.3) is 5.91 Å². The van der Waals surface area contributed by atoms with Gasteiger partial charge in [-0.25, -0.2) is 4.52 Å². The van der Waals surface area contributed by atoms with Crippen molar-refractivity contribution in [2.75, 3.05) is 6.54 Å². The Hall–Kier alpha value is -1.79. The molecule has 0 aromatic carbocycles. The van der Waals surface area contributed by atoms with Gasteiger partial charge in [0.15, 0.2) is 5.69 Å². The quantitative estimate of drug-likeness (QED) is 0.624. The first-order valence-corrected chi connectivity index (χ1v) is 8.43. The predicted octanol–water partition coefficient (Wildman–Crippen LogP) is 4.10. The van der Waals surface area contributed by atoms with Crippen LogP contribution < -0.4 is 0 Å². The molecule has 0 bridgehead atoms. The second-order valence-corrected chi connectivity index (χ2v) is 6.92. The second-order valence-electron chi connectivity index (χ2n) is 5.60. The fraction of sp³-hybridized carbons (Fsp3) is 0.250. The molecule has 23 heavy (non-hydrogen) atoms. The highest BCUT2D eigenvalue weighted by Crippen LogP contribution is 2.35. The molecular weight excluding hydrogens is 382 g/mol. The number of fused-ring (bicyclic) bond motifs is 2. The molecular formula is C16H13BrClN3O2. The minimum Gasteiger partial charge on any atom is -0.465 e. The molecule has 7 heteroatoms. The summed E-state index contributed by atoms with van der Waals surface area (Å²) in [6, 6.07) is 5.48. The second kappa shape index (κ2) is 5.39. The van der Waals surface area contributed by atoms with Crippen LogP contribution in [0.2, 0.25) is 5.02 Å². The van der Waals surface area contributed by atoms with E-state index >= 15 is 0 Å². The molecule has 1 unspecified atom stereocenters. The highest BCUT2D eigenvalue weighted by molar-refractivity contribution is 9.10. The lowest BCUT2D eigenvalue weighted by molar-refractivity contribution is 0.0646. The van der Waals surface area contributed by atoms with Crippen molar-refractivity contribution in [2.24, 2.45) is 0 Å². The van der Waals surface area contributed by atoms with Crippen molar-refractivity contribution < 1.29 is 9.21 Å². The van der Waals surface area contributed by atoms with E-state index in [4.69, 9.17) is 16.0 Å². The number of pyridine rings is 1. The molecule has 0 saturated carbocycles. The number of carbonyl (C=O) groups excluding carboxylic acids is 1. The number of nitrogens with zero attached hydrogens (tertiary/aromatic N) is 3. The van der Waals surface area contributed by atoms with E-state index in [9.17, 15) is 4.79 Å². The van der Waals surface area contributed by atoms with Crippen LogP contribution in [0.4, 0.5) is 0 Å². The number of amides is 1. The standard InChI is InChI=1S/C16H13BrClN3O2/c1-9-15-12(13(18)8-23-15)4-5-20(9)16(22)14-6-11-3-2-10(17)7-21(11)19-14/h2-3,6-9H,4-5H2,1H3. The summed E-state index contributed by atoms with van der Waals surface area (Å²) in [5.74, 6) is 0.664. The van der Waals surface area contributed by atoms with Gasteiger partial charge in [0.2, 0.25) is 0 Å². The van der Waals surface area contributed by atoms with Gasteiger partial charge in [-0.1, -0.05) is 11.6 Å². The predicted molar refractivity (Wildman–Crippen MR) is 89.8 cm³/mol. The van der Waals surface area contributed by atoms with Gasteiger partial charge >= 0.3 is 0 Å². The zero-order chi connectivity index (χ0) is 16.1. The molecule has 1 atom stereocenters. The fourth-order valence-corrected chi connectivity index (χ4v) is 3.58. The van der Waals surface area contributed by atoms with Gasteiger partial charge in [-0.2, -0.15) is 5.10 Å². The van der Waals surface area contributed by atoms with Crippen LogP contribution in [0.5, 0.6) is 0 Å². The summed E-state index contributed by atoms with van der Waals surface area (Å²) in [5.41, 5.74) is 2.31. The van der Waals surface area contributed by atoms with Crippen molar-refractivity contribution in [3.05, 3.63) is 57.2 Å². The Morgan fingerprint density at radius 3 is 3.13 bits per heavy atom. The summed E-state index contributed by atoms with van der Waals surface area (Å²) in [5, 5.41) is 5.02. The van der Waals surface area contributed by atoms with Crippen LogP contribution in [0, 0.1) is 0 Å². The molecule has 1 aliphatic rings. The lowest BCUT2D eigenvalue weighted by Gasteiger charge is -2.31. The van der Waals surface area contributed by atoms with Crippen molar-refractivity contribution in [1.29, 1.82) is 0 Å². The SMILES string of the molecule is CC1c2occ(Cl)c2CCN1C(=O)c1cc2ccc(Br)cn2n1. The summed E-state index contributed by atoms with van der Waals surface area (Å²) in [7, 11) is 0. The van der Waals surface area contributed by atoms with Gasteiger partial charge < -0.3 is 9.32 Å². The van der Waals surface area contributed by atoms with E-state index in [1.165, 1.54) is 0 Å². The molecule has 5 nitrogen and oxygen atoms in total. The normalized spacial score (nSPS) is 17.5. The summed E-state index contributed by atoms with van der Waals surface area (Å²) in [4.78, 5) is 14.6. The maximum atomic E-state index is 12.8. The smallest absolute Gasteiger partial charge is 0.275 e. The molecule has 0 N–H and O–H groups in total. The van der Waals surface area contributed by atoms with Gasteiger partial charge in [-0.3, -0.25) is 4.79 Å². The first-order chi connectivity index (χ1) is 11.0. The number of halogens is 2. The lowest BCUT2D eigenvalue weighted by Crippen LogP contribution is -2.38. The van der Waals surface area contributed by atoms with Gasteiger partial charge in [0, 0.05) is 22.8 Å². The summed E-state index contributed by atoms with van der Waals surface area (Å²) < 4.78 is 8.14. The van der Waals surface area contributed by atoms with Crippen LogP contribution in [0.25, 0.3) is 5.52 Å². The topological polar surface area (TPSA) is 50.8 Å². The maximum absolute atomic E-state index is 12.8. The van der Waals surface area contributed by atoms with Crippen LogP contribution in [-0.4, -0.2) is 27.0 Å². The molecule has 0 fully saturated rings. The molecule has 0 radical (unpaired) electrons. The molecule has 3 aromatic rings. The highest BCUT2D eigenvalue weighted by Gasteiger charge is 2.33. The minimum atomic E-state index is -0.157. The Morgan fingerprint density at radius 1 is 1.48 bits per heavy atom. The molecule has 4 heterocycles. The van der Waals surface area contributed by atoms with Crippen LogP contribution >= 0.6 is 27.5 Å². The van der Waals surface area contributed by atoms with Crippen LogP contribution in [0.3, 0.4) is 0 Å². The fourth-order valence-electron chi connectivity index (χ4n) is 3.03. The van der Waals surface area contributed by atoms with E-state index in [-0.39, 0.29) is 11.9 Å². The molecule has 0 spiro atoms. The largest absolute Gasteiger partial charge is 0.465 e. The van der Waals surface area contributed by atoms with Crippen molar-refractivity contribution in [1.82, 2.24) is 14.5 Å². The van der Waals surface area contributed by atoms with E-state index in [2.05, 4.69) is 21.0 Å². The van der Waals surface area contributed by atoms with E-state index < -0.39 is 0 Å². The highest BCUT2D eigenvalue weighted by atomic mass is 79.9. The number of furan rings is 1. The third-order valence-electron chi connectivity index (χ3n) is 4.23. The zero-order valence-corrected chi connectivity index (χ0v) is 14.6. The summed E-state index contributed by atoms with van der Waals surface area (Å²) >= 11 is 9.52. The molecule has 0 aliphatic carbocycles. The van der Waals surface area contributed by atoms with E-state index in [0.29, 0.717) is 23.7 Å². The Bertz CT molecular complexity index is 917. The molecule has 4 rings (SSSR count). The Labute approximate surface area is 146 Å². The monoisotopic (exact) mass is 393 g/mol. The Kier molecular flexibility index (Phi) is 3.46. The van der Waals surface area contributed by atoms with Gasteiger partial charge in [-0.15, -0.1) is 0 Å². The summed E-state index contributed by atoms with van der Waals surface area (Å²) in [6.45, 7) is 2.55. The van der Waals surface area contributed by atoms with Crippen molar-refractivity contribution in [3.8, 4) is 0 Å². The minimum absolute atomic E-state index is 0.101. The van der Waals surface area contributed by atoms with Crippen molar-refractivity contribution in [2.45, 2.75) is 19.4 Å². The van der Waals surface area contributed by atoms with Gasteiger partial charge in [0.1, 0.15) is 12.0 Å². The average Bonchev–Trinajstić information content (AvgIpc) is 3.11. The van der Waals surface area contributed by atoms with E-state index in [1.54, 1.807) is 21.7 Å². The number of hydrogen-bond acceptors (Lipinski definition) is 3. The van der Waals surface area contributed by atoms with Crippen molar-refractivity contribution >= 4 is 39.0 Å². The first-order valence-electron chi connectivity index (χ1n) is 7.26. The maximum Gasteiger partial charge on any atom is 0.275 e. The van der Waals surface area contributed by atoms with Gasteiger partial charge in [-0.05, 0) is 47.5 Å². The zero-order valence-electron chi connectivity index (χ0n) is 12.3. The number of hydrogen-bond donors (Lipinski definition) is 0. The average molecular weight is 395 g/mol.